The lowest BCUT2D eigenvalue weighted by Gasteiger charge is -2.13. The van der Waals surface area contributed by atoms with Crippen molar-refractivity contribution in [3.8, 4) is 45.0 Å². The molecule has 3 heteroatoms. The standard InChI is InChI=1S/C39H25N3/c1-2-10-32-29(9-1)23-35(34-12-4-3-11-33(32)34)30-18-17-26-21-28(16-15-27(26)22-30)31-24-38(36-13-5-7-19-40-36)42-39(25-31)37-14-6-8-20-41-37/h1-25H. The van der Waals surface area contributed by atoms with Gasteiger partial charge in [-0.3, -0.25) is 9.97 Å². The van der Waals surface area contributed by atoms with Crippen molar-refractivity contribution in [3.05, 3.63) is 152 Å². The van der Waals surface area contributed by atoms with Gasteiger partial charge in [-0.2, -0.15) is 0 Å². The van der Waals surface area contributed by atoms with E-state index in [-0.39, 0.29) is 0 Å². The maximum absolute atomic E-state index is 4.93. The number of fused-ring (bicyclic) bond motifs is 4. The van der Waals surface area contributed by atoms with E-state index >= 15 is 0 Å². The first-order valence-corrected chi connectivity index (χ1v) is 14.1. The fourth-order valence-electron chi connectivity index (χ4n) is 5.87. The number of rotatable bonds is 4. The Labute approximate surface area is 243 Å². The number of hydrogen-bond acceptors (Lipinski definition) is 3. The molecule has 0 aliphatic heterocycles. The molecule has 196 valence electrons. The summed E-state index contributed by atoms with van der Waals surface area (Å²) in [5.74, 6) is 0. The third kappa shape index (κ3) is 4.29. The molecular formula is C39H25N3. The summed E-state index contributed by atoms with van der Waals surface area (Å²) in [5, 5.41) is 7.50. The number of hydrogen-bond donors (Lipinski definition) is 0. The molecule has 0 spiro atoms. The van der Waals surface area contributed by atoms with Crippen molar-refractivity contribution in [3.63, 3.8) is 0 Å². The van der Waals surface area contributed by atoms with Gasteiger partial charge in [0.15, 0.2) is 0 Å². The number of aromatic nitrogens is 3. The van der Waals surface area contributed by atoms with Crippen LogP contribution in [0.1, 0.15) is 0 Å². The van der Waals surface area contributed by atoms with E-state index in [1.165, 1.54) is 43.4 Å². The molecule has 0 atom stereocenters. The van der Waals surface area contributed by atoms with Crippen LogP contribution in [0.3, 0.4) is 0 Å². The molecule has 0 amide bonds. The van der Waals surface area contributed by atoms with E-state index in [0.717, 1.165) is 33.9 Å². The lowest BCUT2D eigenvalue weighted by Crippen LogP contribution is -1.94. The quantitative estimate of drug-likeness (QED) is 0.211. The zero-order chi connectivity index (χ0) is 27.9. The van der Waals surface area contributed by atoms with Crippen LogP contribution in [0.2, 0.25) is 0 Å². The molecule has 0 aliphatic rings. The molecule has 3 aromatic heterocycles. The first-order chi connectivity index (χ1) is 20.8. The van der Waals surface area contributed by atoms with Crippen LogP contribution >= 0.6 is 0 Å². The summed E-state index contributed by atoms with van der Waals surface area (Å²) < 4.78 is 0. The lowest BCUT2D eigenvalue weighted by atomic mass is 9.92. The summed E-state index contributed by atoms with van der Waals surface area (Å²) in [6.45, 7) is 0. The second kappa shape index (κ2) is 10.1. The van der Waals surface area contributed by atoms with Gasteiger partial charge in [0.25, 0.3) is 0 Å². The predicted octanol–water partition coefficient (Wildman–Crippen LogP) is 10.00. The summed E-state index contributed by atoms with van der Waals surface area (Å²) in [7, 11) is 0. The molecule has 3 heterocycles. The minimum Gasteiger partial charge on any atom is -0.255 e. The van der Waals surface area contributed by atoms with Crippen molar-refractivity contribution in [2.75, 3.05) is 0 Å². The highest BCUT2D eigenvalue weighted by Gasteiger charge is 2.12. The van der Waals surface area contributed by atoms with Crippen LogP contribution in [0.4, 0.5) is 0 Å². The third-order valence-corrected chi connectivity index (χ3v) is 7.93. The minimum absolute atomic E-state index is 0.826. The summed E-state index contributed by atoms with van der Waals surface area (Å²) in [6.07, 6.45) is 3.60. The molecule has 0 radical (unpaired) electrons. The van der Waals surface area contributed by atoms with Gasteiger partial charge in [0.05, 0.1) is 22.8 Å². The van der Waals surface area contributed by atoms with Gasteiger partial charge in [-0.05, 0) is 109 Å². The Morgan fingerprint density at radius 3 is 1.57 bits per heavy atom. The highest BCUT2D eigenvalue weighted by atomic mass is 14.8. The van der Waals surface area contributed by atoms with E-state index in [4.69, 9.17) is 4.98 Å². The van der Waals surface area contributed by atoms with Gasteiger partial charge in [0.2, 0.25) is 0 Å². The van der Waals surface area contributed by atoms with Gasteiger partial charge in [0.1, 0.15) is 0 Å². The van der Waals surface area contributed by atoms with E-state index in [0.29, 0.717) is 0 Å². The van der Waals surface area contributed by atoms with Gasteiger partial charge >= 0.3 is 0 Å². The second-order valence-corrected chi connectivity index (χ2v) is 10.5. The van der Waals surface area contributed by atoms with Gasteiger partial charge in [-0.15, -0.1) is 0 Å². The van der Waals surface area contributed by atoms with Crippen LogP contribution in [-0.2, 0) is 0 Å². The smallest absolute Gasteiger partial charge is 0.0900 e. The van der Waals surface area contributed by atoms with Crippen LogP contribution in [0, 0.1) is 0 Å². The van der Waals surface area contributed by atoms with Crippen LogP contribution < -0.4 is 0 Å². The lowest BCUT2D eigenvalue weighted by molar-refractivity contribution is 1.22. The molecule has 0 aliphatic carbocycles. The molecule has 8 rings (SSSR count). The number of nitrogens with zero attached hydrogens (tertiary/aromatic N) is 3. The molecule has 42 heavy (non-hydrogen) atoms. The summed E-state index contributed by atoms with van der Waals surface area (Å²) in [4.78, 5) is 14.1. The average Bonchev–Trinajstić information content (AvgIpc) is 3.08. The molecular weight excluding hydrogens is 510 g/mol. The first kappa shape index (κ1) is 24.2. The van der Waals surface area contributed by atoms with Crippen LogP contribution in [-0.4, -0.2) is 15.0 Å². The Morgan fingerprint density at radius 2 is 0.905 bits per heavy atom. The van der Waals surface area contributed by atoms with Crippen molar-refractivity contribution in [1.29, 1.82) is 0 Å². The van der Waals surface area contributed by atoms with Crippen LogP contribution in [0.25, 0.3) is 77.3 Å². The molecule has 0 saturated carbocycles. The van der Waals surface area contributed by atoms with Crippen molar-refractivity contribution >= 4 is 32.3 Å². The van der Waals surface area contributed by atoms with Gasteiger partial charge in [-0.1, -0.05) is 84.9 Å². The average molecular weight is 536 g/mol. The van der Waals surface area contributed by atoms with Crippen molar-refractivity contribution in [2.24, 2.45) is 0 Å². The van der Waals surface area contributed by atoms with Crippen LogP contribution in [0.5, 0.6) is 0 Å². The zero-order valence-corrected chi connectivity index (χ0v) is 22.8. The van der Waals surface area contributed by atoms with Gasteiger partial charge in [0, 0.05) is 12.4 Å². The fraction of sp³-hybridized carbons (Fsp3) is 0. The topological polar surface area (TPSA) is 38.7 Å². The summed E-state index contributed by atoms with van der Waals surface area (Å²) >= 11 is 0. The normalized spacial score (nSPS) is 11.3. The molecule has 0 bridgehead atoms. The van der Waals surface area contributed by atoms with Crippen molar-refractivity contribution in [1.82, 2.24) is 15.0 Å². The minimum atomic E-state index is 0.826. The Balaban J connectivity index is 1.25. The van der Waals surface area contributed by atoms with Gasteiger partial charge < -0.3 is 0 Å². The van der Waals surface area contributed by atoms with Crippen LogP contribution in [0.15, 0.2) is 152 Å². The number of benzene rings is 5. The Bertz CT molecular complexity index is 2180. The van der Waals surface area contributed by atoms with E-state index in [1.54, 1.807) is 12.4 Å². The maximum atomic E-state index is 4.93. The number of pyridine rings is 3. The molecule has 3 nitrogen and oxygen atoms in total. The van der Waals surface area contributed by atoms with Crippen molar-refractivity contribution < 1.29 is 0 Å². The molecule has 5 aromatic carbocycles. The summed E-state index contributed by atoms with van der Waals surface area (Å²) in [5.41, 5.74) is 8.01. The largest absolute Gasteiger partial charge is 0.255 e. The third-order valence-electron chi connectivity index (χ3n) is 7.93. The Hall–Kier alpha value is -5.67. The van der Waals surface area contributed by atoms with Crippen molar-refractivity contribution in [2.45, 2.75) is 0 Å². The zero-order valence-electron chi connectivity index (χ0n) is 22.8. The molecule has 8 aromatic rings. The fourth-order valence-corrected chi connectivity index (χ4v) is 5.87. The first-order valence-electron chi connectivity index (χ1n) is 14.1. The second-order valence-electron chi connectivity index (χ2n) is 10.5. The van der Waals surface area contributed by atoms with E-state index < -0.39 is 0 Å². The predicted molar refractivity (Wildman–Crippen MR) is 174 cm³/mol. The molecule has 0 N–H and O–H groups in total. The molecule has 0 fully saturated rings. The van der Waals surface area contributed by atoms with E-state index in [1.807, 2.05) is 36.4 Å². The van der Waals surface area contributed by atoms with Gasteiger partial charge in [-0.25, -0.2) is 4.98 Å². The van der Waals surface area contributed by atoms with E-state index in [2.05, 4.69) is 113 Å². The Morgan fingerprint density at radius 1 is 0.333 bits per heavy atom. The SMILES string of the molecule is c1ccc(-c2cc(-c3ccc4cc(-c5cc6ccccc6c6ccccc56)ccc4c3)cc(-c3ccccn3)n2)nc1. The molecule has 0 saturated heterocycles. The Kier molecular flexibility index (Phi) is 5.79. The van der Waals surface area contributed by atoms with E-state index in [9.17, 15) is 0 Å². The summed E-state index contributed by atoms with van der Waals surface area (Å²) in [6, 6.07) is 49.2. The molecule has 0 unspecified atom stereocenters. The highest BCUT2D eigenvalue weighted by Crippen LogP contribution is 2.37. The highest BCUT2D eigenvalue weighted by molar-refractivity contribution is 6.14. The monoisotopic (exact) mass is 535 g/mol. The maximum Gasteiger partial charge on any atom is 0.0900 e.